The molecule has 16 heavy (non-hydrogen) atoms. The van der Waals surface area contributed by atoms with Gasteiger partial charge in [-0.25, -0.2) is 4.39 Å². The molecule has 0 bridgehead atoms. The molecule has 1 heterocycles. The van der Waals surface area contributed by atoms with Crippen LogP contribution < -0.4 is 5.32 Å². The molecule has 1 N–H and O–H groups in total. The van der Waals surface area contributed by atoms with E-state index in [1.165, 1.54) is 6.07 Å². The van der Waals surface area contributed by atoms with E-state index in [0.29, 0.717) is 16.7 Å². The molecular weight excluding hydrogens is 273 g/mol. The molecule has 0 radical (unpaired) electrons. The van der Waals surface area contributed by atoms with Crippen molar-refractivity contribution in [1.82, 2.24) is 0 Å². The quantitative estimate of drug-likeness (QED) is 0.917. The van der Waals surface area contributed by atoms with Gasteiger partial charge in [0.25, 0.3) is 0 Å². The zero-order valence-corrected chi connectivity index (χ0v) is 10.3. The number of furan rings is 1. The highest BCUT2D eigenvalue weighted by molar-refractivity contribution is 9.10. The molecule has 2 rings (SSSR count). The second kappa shape index (κ2) is 4.70. The van der Waals surface area contributed by atoms with E-state index in [2.05, 4.69) is 21.2 Å². The number of anilines is 1. The Bertz CT molecular complexity index is 475. The van der Waals surface area contributed by atoms with Gasteiger partial charge in [-0.1, -0.05) is 6.07 Å². The van der Waals surface area contributed by atoms with Crippen molar-refractivity contribution >= 4 is 21.6 Å². The van der Waals surface area contributed by atoms with Gasteiger partial charge in [0.15, 0.2) is 0 Å². The largest absolute Gasteiger partial charge is 0.465 e. The fraction of sp³-hybridized carbons (Fsp3) is 0.167. The molecule has 0 unspecified atom stereocenters. The van der Waals surface area contributed by atoms with Gasteiger partial charge in [-0.15, -0.1) is 0 Å². The minimum atomic E-state index is -0.280. The van der Waals surface area contributed by atoms with Crippen LogP contribution in [0.4, 0.5) is 10.1 Å². The number of halogens is 2. The number of rotatable bonds is 3. The fourth-order valence-corrected chi connectivity index (χ4v) is 1.90. The van der Waals surface area contributed by atoms with Crippen LogP contribution in [0.2, 0.25) is 0 Å². The highest BCUT2D eigenvalue weighted by atomic mass is 79.9. The third-order valence-corrected chi connectivity index (χ3v) is 2.86. The average Bonchev–Trinajstić information content (AvgIpc) is 2.63. The van der Waals surface area contributed by atoms with Gasteiger partial charge in [0.2, 0.25) is 0 Å². The normalized spacial score (nSPS) is 10.4. The van der Waals surface area contributed by atoms with Crippen molar-refractivity contribution in [2.75, 3.05) is 5.32 Å². The van der Waals surface area contributed by atoms with Gasteiger partial charge >= 0.3 is 0 Å². The predicted octanol–water partition coefficient (Wildman–Crippen LogP) is 4.10. The number of benzene rings is 1. The van der Waals surface area contributed by atoms with Crippen molar-refractivity contribution in [3.8, 4) is 0 Å². The second-order valence-corrected chi connectivity index (χ2v) is 4.32. The van der Waals surface area contributed by atoms with Crippen LogP contribution in [0.15, 0.2) is 39.2 Å². The summed E-state index contributed by atoms with van der Waals surface area (Å²) in [6, 6.07) is 8.62. The molecule has 0 fully saturated rings. The van der Waals surface area contributed by atoms with Gasteiger partial charge in [-0.05, 0) is 47.1 Å². The Morgan fingerprint density at radius 3 is 2.75 bits per heavy atom. The zero-order valence-electron chi connectivity index (χ0n) is 8.76. The Hall–Kier alpha value is -1.29. The van der Waals surface area contributed by atoms with Gasteiger partial charge in [-0.3, -0.25) is 0 Å². The second-order valence-electron chi connectivity index (χ2n) is 3.46. The maximum absolute atomic E-state index is 13.4. The molecule has 0 saturated carbocycles. The van der Waals surface area contributed by atoms with Crippen LogP contribution in [0.5, 0.6) is 0 Å². The van der Waals surface area contributed by atoms with Crippen LogP contribution in [0.1, 0.15) is 11.5 Å². The molecule has 1 aromatic heterocycles. The Balaban J connectivity index is 2.10. The highest BCUT2D eigenvalue weighted by Gasteiger charge is 2.06. The standard InChI is InChI=1S/C12H11BrFNO/c1-8-5-6-9(16-8)7-15-12-10(13)3-2-4-11(12)14/h2-6,15H,7H2,1H3. The third-order valence-electron chi connectivity index (χ3n) is 2.20. The molecular formula is C12H11BrFNO. The molecule has 4 heteroatoms. The van der Waals surface area contributed by atoms with Crippen LogP contribution in [-0.4, -0.2) is 0 Å². The summed E-state index contributed by atoms with van der Waals surface area (Å²) in [5, 5.41) is 3.00. The molecule has 1 aromatic carbocycles. The van der Waals surface area contributed by atoms with Crippen molar-refractivity contribution in [3.05, 3.63) is 52.1 Å². The van der Waals surface area contributed by atoms with Crippen LogP contribution >= 0.6 is 15.9 Å². The SMILES string of the molecule is Cc1ccc(CNc2c(F)cccc2Br)o1. The topological polar surface area (TPSA) is 25.2 Å². The first-order valence-electron chi connectivity index (χ1n) is 4.90. The maximum Gasteiger partial charge on any atom is 0.147 e. The summed E-state index contributed by atoms with van der Waals surface area (Å²) in [5.74, 6) is 1.36. The Morgan fingerprint density at radius 1 is 1.31 bits per heavy atom. The number of nitrogens with one attached hydrogen (secondary N) is 1. The fourth-order valence-electron chi connectivity index (χ4n) is 1.42. The first-order valence-corrected chi connectivity index (χ1v) is 5.69. The molecule has 2 nitrogen and oxygen atoms in total. The van der Waals surface area contributed by atoms with Crippen LogP contribution in [-0.2, 0) is 6.54 Å². The first-order chi connectivity index (χ1) is 7.66. The molecule has 0 saturated heterocycles. The van der Waals surface area contributed by atoms with Gasteiger partial charge in [0, 0.05) is 4.47 Å². The molecule has 0 aliphatic rings. The van der Waals surface area contributed by atoms with Gasteiger partial charge in [-0.2, -0.15) is 0 Å². The number of hydrogen-bond acceptors (Lipinski definition) is 2. The summed E-state index contributed by atoms with van der Waals surface area (Å²) in [6.45, 7) is 2.34. The number of para-hydroxylation sites is 1. The average molecular weight is 284 g/mol. The molecule has 0 amide bonds. The van der Waals surface area contributed by atoms with E-state index in [-0.39, 0.29) is 5.82 Å². The summed E-state index contributed by atoms with van der Waals surface area (Å²) in [6.07, 6.45) is 0. The van der Waals surface area contributed by atoms with Gasteiger partial charge in [0.1, 0.15) is 17.3 Å². The minimum absolute atomic E-state index is 0.280. The van der Waals surface area contributed by atoms with Crippen molar-refractivity contribution in [3.63, 3.8) is 0 Å². The van der Waals surface area contributed by atoms with Gasteiger partial charge in [0.05, 0.1) is 12.2 Å². The van der Waals surface area contributed by atoms with Crippen LogP contribution in [0.25, 0.3) is 0 Å². The molecule has 84 valence electrons. The Morgan fingerprint density at radius 2 is 2.12 bits per heavy atom. The molecule has 0 atom stereocenters. The smallest absolute Gasteiger partial charge is 0.147 e. The van der Waals surface area contributed by atoms with E-state index in [1.54, 1.807) is 12.1 Å². The lowest BCUT2D eigenvalue weighted by atomic mass is 10.3. The van der Waals surface area contributed by atoms with Crippen molar-refractivity contribution in [2.24, 2.45) is 0 Å². The predicted molar refractivity (Wildman–Crippen MR) is 64.9 cm³/mol. The van der Waals surface area contributed by atoms with Crippen LogP contribution in [0.3, 0.4) is 0 Å². The summed E-state index contributed by atoms with van der Waals surface area (Å²) in [4.78, 5) is 0. The van der Waals surface area contributed by atoms with E-state index in [9.17, 15) is 4.39 Å². The van der Waals surface area contributed by atoms with E-state index in [0.717, 1.165) is 11.5 Å². The lowest BCUT2D eigenvalue weighted by Crippen LogP contribution is -2.01. The van der Waals surface area contributed by atoms with Crippen molar-refractivity contribution < 1.29 is 8.81 Å². The van der Waals surface area contributed by atoms with E-state index in [1.807, 2.05) is 19.1 Å². The summed E-state index contributed by atoms with van der Waals surface area (Å²) in [7, 11) is 0. The minimum Gasteiger partial charge on any atom is -0.465 e. The lowest BCUT2D eigenvalue weighted by Gasteiger charge is -2.07. The molecule has 0 aliphatic carbocycles. The first kappa shape index (κ1) is 11.2. The van der Waals surface area contributed by atoms with Crippen molar-refractivity contribution in [2.45, 2.75) is 13.5 Å². The highest BCUT2D eigenvalue weighted by Crippen LogP contribution is 2.25. The van der Waals surface area contributed by atoms with E-state index >= 15 is 0 Å². The number of hydrogen-bond donors (Lipinski definition) is 1. The van der Waals surface area contributed by atoms with Crippen molar-refractivity contribution in [1.29, 1.82) is 0 Å². The molecule has 2 aromatic rings. The molecule has 0 aliphatic heterocycles. The zero-order chi connectivity index (χ0) is 11.5. The summed E-state index contributed by atoms with van der Waals surface area (Å²) in [5.41, 5.74) is 0.455. The van der Waals surface area contributed by atoms with E-state index < -0.39 is 0 Å². The third kappa shape index (κ3) is 2.44. The molecule has 0 spiro atoms. The van der Waals surface area contributed by atoms with Crippen LogP contribution in [0, 0.1) is 12.7 Å². The van der Waals surface area contributed by atoms with Gasteiger partial charge < -0.3 is 9.73 Å². The lowest BCUT2D eigenvalue weighted by molar-refractivity contribution is 0.490. The number of aryl methyl sites for hydroxylation is 1. The summed E-state index contributed by atoms with van der Waals surface area (Å²) < 4.78 is 19.5. The Labute approximate surface area is 102 Å². The Kier molecular flexibility index (Phi) is 3.29. The summed E-state index contributed by atoms with van der Waals surface area (Å²) >= 11 is 3.29. The monoisotopic (exact) mass is 283 g/mol. The maximum atomic E-state index is 13.4. The van der Waals surface area contributed by atoms with E-state index in [4.69, 9.17) is 4.42 Å².